The van der Waals surface area contributed by atoms with Crippen LogP contribution in [-0.4, -0.2) is 12.1 Å². The first-order valence-corrected chi connectivity index (χ1v) is 7.42. The highest BCUT2D eigenvalue weighted by Gasteiger charge is 2.20. The molecule has 0 saturated carbocycles. The van der Waals surface area contributed by atoms with Crippen molar-refractivity contribution in [2.24, 2.45) is 0 Å². The Morgan fingerprint density at radius 1 is 1.00 bits per heavy atom. The molecule has 0 fully saturated rings. The van der Waals surface area contributed by atoms with Crippen molar-refractivity contribution in [3.8, 4) is 16.9 Å². The van der Waals surface area contributed by atoms with Crippen molar-refractivity contribution >= 4 is 10.9 Å². The summed E-state index contributed by atoms with van der Waals surface area (Å²) in [7, 11) is 1.70. The number of methoxy groups -OCH3 is 1. The molecule has 2 nitrogen and oxygen atoms in total. The molecule has 0 atom stereocenters. The van der Waals surface area contributed by atoms with E-state index < -0.39 is 0 Å². The summed E-state index contributed by atoms with van der Waals surface area (Å²) in [6, 6.07) is 16.9. The molecule has 1 heterocycles. The van der Waals surface area contributed by atoms with Gasteiger partial charge in [0.25, 0.3) is 0 Å². The van der Waals surface area contributed by atoms with E-state index in [0.717, 1.165) is 24.1 Å². The smallest absolute Gasteiger partial charge is 0.121 e. The molecule has 0 bridgehead atoms. The summed E-state index contributed by atoms with van der Waals surface area (Å²) >= 11 is 0. The fourth-order valence-electron chi connectivity index (χ4n) is 3.31. The zero-order chi connectivity index (χ0) is 14.2. The van der Waals surface area contributed by atoms with E-state index >= 15 is 0 Å². The van der Waals surface area contributed by atoms with E-state index in [1.165, 1.54) is 34.2 Å². The van der Waals surface area contributed by atoms with Crippen molar-refractivity contribution in [2.45, 2.75) is 19.3 Å². The van der Waals surface area contributed by atoms with Gasteiger partial charge >= 0.3 is 0 Å². The molecule has 1 aliphatic rings. The molecule has 0 saturated heterocycles. The van der Waals surface area contributed by atoms with Gasteiger partial charge in [-0.3, -0.25) is 4.98 Å². The van der Waals surface area contributed by atoms with Gasteiger partial charge in [-0.05, 0) is 48.1 Å². The number of aryl methyl sites for hydroxylation is 1. The summed E-state index contributed by atoms with van der Waals surface area (Å²) in [6.07, 6.45) is 3.42. The number of ether oxygens (including phenoxy) is 1. The molecule has 0 N–H and O–H groups in total. The molecule has 0 aliphatic heterocycles. The van der Waals surface area contributed by atoms with E-state index in [2.05, 4.69) is 36.4 Å². The average molecular weight is 275 g/mol. The third-order valence-corrected chi connectivity index (χ3v) is 4.28. The highest BCUT2D eigenvalue weighted by atomic mass is 16.5. The Labute approximate surface area is 124 Å². The minimum absolute atomic E-state index is 0.868. The predicted molar refractivity (Wildman–Crippen MR) is 85.8 cm³/mol. The van der Waals surface area contributed by atoms with E-state index in [-0.39, 0.29) is 0 Å². The van der Waals surface area contributed by atoms with Gasteiger partial charge in [0.05, 0.1) is 12.6 Å². The van der Waals surface area contributed by atoms with E-state index in [4.69, 9.17) is 9.72 Å². The predicted octanol–water partition coefficient (Wildman–Crippen LogP) is 4.40. The molecule has 104 valence electrons. The topological polar surface area (TPSA) is 22.1 Å². The summed E-state index contributed by atoms with van der Waals surface area (Å²) in [6.45, 7) is 0. The second kappa shape index (κ2) is 4.88. The second-order valence-corrected chi connectivity index (χ2v) is 5.51. The number of benzene rings is 2. The zero-order valence-corrected chi connectivity index (χ0v) is 12.1. The molecule has 2 aromatic carbocycles. The van der Waals surface area contributed by atoms with E-state index in [1.54, 1.807) is 7.11 Å². The number of nitrogens with zero attached hydrogens (tertiary/aromatic N) is 1. The van der Waals surface area contributed by atoms with Crippen molar-refractivity contribution < 1.29 is 4.74 Å². The minimum Gasteiger partial charge on any atom is -0.497 e. The fourth-order valence-corrected chi connectivity index (χ4v) is 3.31. The number of pyridine rings is 1. The van der Waals surface area contributed by atoms with Crippen molar-refractivity contribution in [3.05, 3.63) is 59.8 Å². The number of hydrogen-bond acceptors (Lipinski definition) is 2. The first kappa shape index (κ1) is 12.4. The number of fused-ring (bicyclic) bond motifs is 2. The largest absolute Gasteiger partial charge is 0.497 e. The molecular formula is C19H17NO. The van der Waals surface area contributed by atoms with Gasteiger partial charge in [0.2, 0.25) is 0 Å². The Bertz CT molecular complexity index is 809. The lowest BCUT2D eigenvalue weighted by Crippen LogP contribution is -1.96. The highest BCUT2D eigenvalue weighted by molar-refractivity contribution is 5.97. The van der Waals surface area contributed by atoms with Crippen LogP contribution in [0.4, 0.5) is 0 Å². The normalized spacial score (nSPS) is 13.4. The summed E-state index contributed by atoms with van der Waals surface area (Å²) < 4.78 is 5.35. The Kier molecular flexibility index (Phi) is 2.88. The van der Waals surface area contributed by atoms with Crippen LogP contribution in [0, 0.1) is 0 Å². The van der Waals surface area contributed by atoms with Crippen LogP contribution < -0.4 is 4.74 Å². The van der Waals surface area contributed by atoms with Gasteiger partial charge in [0, 0.05) is 17.1 Å². The molecule has 4 rings (SSSR count). The van der Waals surface area contributed by atoms with Crippen LogP contribution in [0.25, 0.3) is 22.0 Å². The maximum Gasteiger partial charge on any atom is 0.121 e. The number of hydrogen-bond donors (Lipinski definition) is 0. The Morgan fingerprint density at radius 2 is 1.86 bits per heavy atom. The van der Waals surface area contributed by atoms with Crippen LogP contribution >= 0.6 is 0 Å². The lowest BCUT2D eigenvalue weighted by Gasteiger charge is -2.13. The van der Waals surface area contributed by atoms with Gasteiger partial charge in [-0.15, -0.1) is 0 Å². The van der Waals surface area contributed by atoms with Gasteiger partial charge < -0.3 is 4.74 Å². The molecule has 0 radical (unpaired) electrons. The zero-order valence-electron chi connectivity index (χ0n) is 12.1. The first-order valence-electron chi connectivity index (χ1n) is 7.42. The summed E-state index contributed by atoms with van der Waals surface area (Å²) in [5.41, 5.74) is 6.37. The maximum absolute atomic E-state index is 5.35. The fraction of sp³-hybridized carbons (Fsp3) is 0.211. The van der Waals surface area contributed by atoms with Crippen LogP contribution in [0.1, 0.15) is 17.7 Å². The van der Waals surface area contributed by atoms with Gasteiger partial charge in [0.1, 0.15) is 5.75 Å². The molecule has 3 aromatic rings. The van der Waals surface area contributed by atoms with E-state index in [9.17, 15) is 0 Å². The Balaban J connectivity index is 2.07. The SMILES string of the molecule is COc1ccc2c(-c3ccccc3)c3c(nc2c1)CCC3. The lowest BCUT2D eigenvalue weighted by molar-refractivity contribution is 0.415. The van der Waals surface area contributed by atoms with Crippen molar-refractivity contribution in [3.63, 3.8) is 0 Å². The van der Waals surface area contributed by atoms with Gasteiger partial charge in [-0.2, -0.15) is 0 Å². The summed E-state index contributed by atoms with van der Waals surface area (Å²) in [5.74, 6) is 0.868. The van der Waals surface area contributed by atoms with Crippen LogP contribution in [-0.2, 0) is 12.8 Å². The van der Waals surface area contributed by atoms with Crippen molar-refractivity contribution in [2.75, 3.05) is 7.11 Å². The first-order chi connectivity index (χ1) is 10.4. The third-order valence-electron chi connectivity index (χ3n) is 4.28. The number of rotatable bonds is 2. The molecule has 1 aromatic heterocycles. The monoisotopic (exact) mass is 275 g/mol. The summed E-state index contributed by atoms with van der Waals surface area (Å²) in [5, 5.41) is 1.22. The van der Waals surface area contributed by atoms with Gasteiger partial charge in [-0.25, -0.2) is 0 Å². The lowest BCUT2D eigenvalue weighted by atomic mass is 9.95. The second-order valence-electron chi connectivity index (χ2n) is 5.51. The third kappa shape index (κ3) is 1.99. The molecule has 0 spiro atoms. The van der Waals surface area contributed by atoms with Crippen LogP contribution in [0.2, 0.25) is 0 Å². The minimum atomic E-state index is 0.868. The Morgan fingerprint density at radius 3 is 2.67 bits per heavy atom. The van der Waals surface area contributed by atoms with Crippen LogP contribution in [0.15, 0.2) is 48.5 Å². The van der Waals surface area contributed by atoms with Crippen LogP contribution in [0.5, 0.6) is 5.75 Å². The molecular weight excluding hydrogens is 258 g/mol. The summed E-state index contributed by atoms with van der Waals surface area (Å²) in [4.78, 5) is 4.87. The molecule has 0 amide bonds. The highest BCUT2D eigenvalue weighted by Crippen LogP contribution is 2.37. The van der Waals surface area contributed by atoms with Crippen molar-refractivity contribution in [1.29, 1.82) is 0 Å². The average Bonchev–Trinajstić information content (AvgIpc) is 3.00. The quantitative estimate of drug-likeness (QED) is 0.691. The van der Waals surface area contributed by atoms with Crippen LogP contribution in [0.3, 0.4) is 0 Å². The van der Waals surface area contributed by atoms with E-state index in [0.29, 0.717) is 0 Å². The number of aromatic nitrogens is 1. The van der Waals surface area contributed by atoms with Crippen molar-refractivity contribution in [1.82, 2.24) is 4.98 Å². The maximum atomic E-state index is 5.35. The molecule has 2 heteroatoms. The van der Waals surface area contributed by atoms with Gasteiger partial charge in [-0.1, -0.05) is 30.3 Å². The molecule has 21 heavy (non-hydrogen) atoms. The molecule has 0 unspecified atom stereocenters. The van der Waals surface area contributed by atoms with Gasteiger partial charge in [0.15, 0.2) is 0 Å². The standard InChI is InChI=1S/C19H17NO/c1-21-14-10-11-16-18(12-14)20-17-9-5-8-15(17)19(16)13-6-3-2-4-7-13/h2-4,6-7,10-12H,5,8-9H2,1H3. The molecule has 1 aliphatic carbocycles. The van der Waals surface area contributed by atoms with E-state index in [1.807, 2.05) is 12.1 Å². The Hall–Kier alpha value is -2.35.